The third-order valence-electron chi connectivity index (χ3n) is 3.27. The number of carbonyl (C=O) groups excluding carboxylic acids is 1. The number of rotatable bonds is 5. The van der Waals surface area contributed by atoms with Crippen molar-refractivity contribution in [3.8, 4) is 0 Å². The number of ketones is 1. The van der Waals surface area contributed by atoms with Crippen LogP contribution in [-0.4, -0.2) is 10.8 Å². The third-order valence-corrected chi connectivity index (χ3v) is 3.50. The fourth-order valence-electron chi connectivity index (χ4n) is 2.11. The van der Waals surface area contributed by atoms with Crippen LogP contribution in [0.3, 0.4) is 0 Å². The van der Waals surface area contributed by atoms with Crippen LogP contribution < -0.4 is 0 Å². The Kier molecular flexibility index (Phi) is 5.02. The maximum Gasteiger partial charge on any atom is 0.181 e. The van der Waals surface area contributed by atoms with Crippen molar-refractivity contribution in [3.63, 3.8) is 0 Å². The van der Waals surface area contributed by atoms with Crippen molar-refractivity contribution in [3.05, 3.63) is 63.9 Å². The molecule has 0 N–H and O–H groups in total. The lowest BCUT2D eigenvalue weighted by atomic mass is 10.0. The average molecular weight is 310 g/mol. The highest BCUT2D eigenvalue weighted by Gasteiger charge is 2.13. The van der Waals surface area contributed by atoms with Crippen molar-refractivity contribution in [2.75, 3.05) is 0 Å². The average Bonchev–Trinajstić information content (AvgIpc) is 2.46. The molecule has 5 heteroatoms. The van der Waals surface area contributed by atoms with E-state index in [-0.39, 0.29) is 12.2 Å². The van der Waals surface area contributed by atoms with E-state index in [2.05, 4.69) is 4.98 Å². The molecule has 2 nitrogen and oxygen atoms in total. The van der Waals surface area contributed by atoms with Crippen LogP contribution in [-0.2, 0) is 6.42 Å². The summed E-state index contributed by atoms with van der Waals surface area (Å²) >= 11 is 5.79. The van der Waals surface area contributed by atoms with E-state index in [1.54, 1.807) is 13.0 Å². The number of halogens is 3. The zero-order chi connectivity index (χ0) is 15.4. The Morgan fingerprint density at radius 1 is 1.29 bits per heavy atom. The van der Waals surface area contributed by atoms with E-state index in [1.807, 2.05) is 0 Å². The van der Waals surface area contributed by atoms with E-state index in [9.17, 15) is 13.6 Å². The van der Waals surface area contributed by atoms with Gasteiger partial charge in [0, 0.05) is 17.6 Å². The second-order valence-electron chi connectivity index (χ2n) is 4.79. The lowest BCUT2D eigenvalue weighted by molar-refractivity contribution is 0.0975. The molecule has 1 heterocycles. The topological polar surface area (TPSA) is 30.0 Å². The van der Waals surface area contributed by atoms with Gasteiger partial charge in [0.05, 0.1) is 0 Å². The minimum atomic E-state index is -0.863. The molecular formula is C16H14ClF2NO. The second kappa shape index (κ2) is 6.76. The molecule has 1 aromatic heterocycles. The van der Waals surface area contributed by atoms with Gasteiger partial charge in [-0.15, -0.1) is 0 Å². The maximum absolute atomic E-state index is 13.7. The van der Waals surface area contributed by atoms with Crippen LogP contribution in [0.25, 0.3) is 0 Å². The number of Topliss-reactive ketones (excluding diaryl/α,β-unsaturated/α-hetero) is 1. The highest BCUT2D eigenvalue weighted by molar-refractivity contribution is 6.30. The van der Waals surface area contributed by atoms with Gasteiger partial charge in [0.1, 0.15) is 5.69 Å². The van der Waals surface area contributed by atoms with Gasteiger partial charge in [0.25, 0.3) is 0 Å². The fraction of sp³-hybridized carbons (Fsp3) is 0.250. The Balaban J connectivity index is 1.99. The smallest absolute Gasteiger partial charge is 0.181 e. The predicted molar refractivity (Wildman–Crippen MR) is 77.6 cm³/mol. The van der Waals surface area contributed by atoms with E-state index in [1.165, 1.54) is 18.3 Å². The van der Waals surface area contributed by atoms with E-state index >= 15 is 0 Å². The summed E-state index contributed by atoms with van der Waals surface area (Å²) in [7, 11) is 0. The van der Waals surface area contributed by atoms with Gasteiger partial charge in [-0.05, 0) is 49.1 Å². The first-order valence-electron chi connectivity index (χ1n) is 6.57. The van der Waals surface area contributed by atoms with Crippen molar-refractivity contribution < 1.29 is 13.6 Å². The Morgan fingerprint density at radius 2 is 2.05 bits per heavy atom. The number of aryl methyl sites for hydroxylation is 1. The van der Waals surface area contributed by atoms with Gasteiger partial charge in [-0.1, -0.05) is 17.7 Å². The van der Waals surface area contributed by atoms with Crippen molar-refractivity contribution in [2.24, 2.45) is 0 Å². The summed E-state index contributed by atoms with van der Waals surface area (Å²) in [5.74, 6) is -1.85. The summed E-state index contributed by atoms with van der Waals surface area (Å²) in [4.78, 5) is 15.9. The van der Waals surface area contributed by atoms with Crippen molar-refractivity contribution in [1.82, 2.24) is 4.98 Å². The lowest BCUT2D eigenvalue weighted by Crippen LogP contribution is -2.04. The number of benzene rings is 1. The standard InChI is InChI=1S/C16H14ClF2NO/c1-10-5-6-13(18)16(19)12(10)3-2-4-15(21)14-9-11(17)7-8-20-14/h5-9H,2-4H2,1H3. The van der Waals surface area contributed by atoms with E-state index in [0.29, 0.717) is 34.7 Å². The molecule has 0 aliphatic rings. The summed E-state index contributed by atoms with van der Waals surface area (Å²) in [6.45, 7) is 1.72. The van der Waals surface area contributed by atoms with E-state index < -0.39 is 11.6 Å². The van der Waals surface area contributed by atoms with Crippen LogP contribution in [0.4, 0.5) is 8.78 Å². The maximum atomic E-state index is 13.7. The van der Waals surface area contributed by atoms with Crippen LogP contribution in [0.5, 0.6) is 0 Å². The molecule has 0 fully saturated rings. The fourth-order valence-corrected chi connectivity index (χ4v) is 2.27. The summed E-state index contributed by atoms with van der Waals surface area (Å²) in [5, 5.41) is 0.445. The summed E-state index contributed by atoms with van der Waals surface area (Å²) in [6.07, 6.45) is 2.41. The third kappa shape index (κ3) is 3.85. The lowest BCUT2D eigenvalue weighted by Gasteiger charge is -2.07. The zero-order valence-corrected chi connectivity index (χ0v) is 12.3. The minimum Gasteiger partial charge on any atom is -0.292 e. The quantitative estimate of drug-likeness (QED) is 0.760. The molecule has 21 heavy (non-hydrogen) atoms. The number of hydrogen-bond acceptors (Lipinski definition) is 2. The SMILES string of the molecule is Cc1ccc(F)c(F)c1CCCC(=O)c1cc(Cl)ccn1. The van der Waals surface area contributed by atoms with Gasteiger partial charge in [-0.3, -0.25) is 9.78 Å². The molecule has 0 radical (unpaired) electrons. The Bertz CT molecular complexity index is 673. The van der Waals surface area contributed by atoms with E-state index in [0.717, 1.165) is 6.07 Å². The van der Waals surface area contributed by atoms with Gasteiger partial charge in [-0.2, -0.15) is 0 Å². The number of aromatic nitrogens is 1. The van der Waals surface area contributed by atoms with Crippen molar-refractivity contribution >= 4 is 17.4 Å². The summed E-state index contributed by atoms with van der Waals surface area (Å²) < 4.78 is 26.9. The molecule has 0 amide bonds. The molecule has 110 valence electrons. The first-order valence-corrected chi connectivity index (χ1v) is 6.95. The minimum absolute atomic E-state index is 0.160. The first kappa shape index (κ1) is 15.6. The molecule has 0 bridgehead atoms. The number of hydrogen-bond donors (Lipinski definition) is 0. The van der Waals surface area contributed by atoms with Crippen LogP contribution in [0.15, 0.2) is 30.5 Å². The Morgan fingerprint density at radius 3 is 2.76 bits per heavy atom. The van der Waals surface area contributed by atoms with Crippen LogP contribution in [0.1, 0.15) is 34.5 Å². The molecule has 0 saturated carbocycles. The number of carbonyl (C=O) groups is 1. The summed E-state index contributed by atoms with van der Waals surface area (Å²) in [6, 6.07) is 5.73. The van der Waals surface area contributed by atoms with Gasteiger partial charge >= 0.3 is 0 Å². The molecule has 0 aliphatic carbocycles. The molecule has 0 spiro atoms. The predicted octanol–water partition coefficient (Wildman–Crippen LogP) is 4.53. The zero-order valence-electron chi connectivity index (χ0n) is 11.5. The van der Waals surface area contributed by atoms with Gasteiger partial charge in [0.2, 0.25) is 0 Å². The number of nitrogens with zero attached hydrogens (tertiary/aromatic N) is 1. The van der Waals surface area contributed by atoms with Crippen molar-refractivity contribution in [2.45, 2.75) is 26.2 Å². The van der Waals surface area contributed by atoms with Gasteiger partial charge in [-0.25, -0.2) is 8.78 Å². The van der Waals surface area contributed by atoms with Crippen LogP contribution >= 0.6 is 11.6 Å². The molecule has 1 aromatic carbocycles. The first-order chi connectivity index (χ1) is 9.99. The van der Waals surface area contributed by atoms with Gasteiger partial charge in [0.15, 0.2) is 17.4 Å². The molecule has 2 rings (SSSR count). The van der Waals surface area contributed by atoms with Crippen molar-refractivity contribution in [1.29, 1.82) is 0 Å². The Hall–Kier alpha value is -1.81. The van der Waals surface area contributed by atoms with Crippen LogP contribution in [0, 0.1) is 18.6 Å². The molecular weight excluding hydrogens is 296 g/mol. The summed E-state index contributed by atoms with van der Waals surface area (Å²) in [5.41, 5.74) is 1.29. The normalized spacial score (nSPS) is 10.7. The molecule has 0 aliphatic heterocycles. The molecule has 0 unspecified atom stereocenters. The molecule has 2 aromatic rings. The monoisotopic (exact) mass is 309 g/mol. The number of pyridine rings is 1. The second-order valence-corrected chi connectivity index (χ2v) is 5.23. The molecule has 0 saturated heterocycles. The van der Waals surface area contributed by atoms with E-state index in [4.69, 9.17) is 11.6 Å². The largest absolute Gasteiger partial charge is 0.292 e. The highest BCUT2D eigenvalue weighted by Crippen LogP contribution is 2.19. The van der Waals surface area contributed by atoms with Crippen LogP contribution in [0.2, 0.25) is 5.02 Å². The Labute approximate surface area is 126 Å². The van der Waals surface area contributed by atoms with Gasteiger partial charge < -0.3 is 0 Å². The molecule has 0 atom stereocenters. The highest BCUT2D eigenvalue weighted by atomic mass is 35.5.